The highest BCUT2D eigenvalue weighted by molar-refractivity contribution is 6.31. The molecule has 0 spiro atoms. The summed E-state index contributed by atoms with van der Waals surface area (Å²) in [4.78, 5) is 0. The van der Waals surface area contributed by atoms with Gasteiger partial charge in [-0.1, -0.05) is 25.4 Å². The Morgan fingerprint density at radius 2 is 2.15 bits per heavy atom. The monoisotopic (exact) mass is 295 g/mol. The summed E-state index contributed by atoms with van der Waals surface area (Å²) in [7, 11) is 1.68. The van der Waals surface area contributed by atoms with Crippen LogP contribution in [0.3, 0.4) is 0 Å². The predicted molar refractivity (Wildman–Crippen MR) is 81.8 cm³/mol. The zero-order chi connectivity index (χ0) is 14.5. The molecule has 3 rings (SSSR count). The average molecular weight is 296 g/mol. The normalized spacial score (nSPS) is 30.6. The van der Waals surface area contributed by atoms with Gasteiger partial charge in [-0.3, -0.25) is 0 Å². The van der Waals surface area contributed by atoms with Crippen molar-refractivity contribution in [1.82, 2.24) is 0 Å². The minimum Gasteiger partial charge on any atom is -0.495 e. The van der Waals surface area contributed by atoms with Crippen LogP contribution in [0.15, 0.2) is 12.1 Å². The topological polar surface area (TPSA) is 30.5 Å². The van der Waals surface area contributed by atoms with Crippen LogP contribution in [0.1, 0.15) is 25.8 Å². The van der Waals surface area contributed by atoms with Gasteiger partial charge in [-0.25, -0.2) is 0 Å². The highest BCUT2D eigenvalue weighted by atomic mass is 35.5. The molecule has 1 aromatic rings. The van der Waals surface area contributed by atoms with Crippen LogP contribution in [0.5, 0.6) is 5.75 Å². The minimum absolute atomic E-state index is 0.152. The summed E-state index contributed by atoms with van der Waals surface area (Å²) in [5.74, 6) is 1.41. The molecular formula is C16H22ClNO2. The molecule has 3 nitrogen and oxygen atoms in total. The van der Waals surface area contributed by atoms with Gasteiger partial charge in [0, 0.05) is 35.1 Å². The fraction of sp³-hybridized carbons (Fsp3) is 0.625. The highest BCUT2D eigenvalue weighted by Crippen LogP contribution is 2.53. The Kier molecular flexibility index (Phi) is 3.38. The zero-order valence-electron chi connectivity index (χ0n) is 12.5. The maximum absolute atomic E-state index is 6.17. The van der Waals surface area contributed by atoms with Crippen molar-refractivity contribution in [3.63, 3.8) is 0 Å². The Labute approximate surface area is 125 Å². The minimum atomic E-state index is 0.152. The number of anilines is 1. The maximum Gasteiger partial charge on any atom is 0.143 e. The van der Waals surface area contributed by atoms with Crippen LogP contribution in [-0.2, 0) is 4.74 Å². The van der Waals surface area contributed by atoms with Crippen molar-refractivity contribution in [2.45, 2.75) is 39.3 Å². The van der Waals surface area contributed by atoms with E-state index in [9.17, 15) is 0 Å². The first-order chi connectivity index (χ1) is 9.45. The summed E-state index contributed by atoms with van der Waals surface area (Å²) in [6.45, 7) is 7.44. The van der Waals surface area contributed by atoms with Crippen molar-refractivity contribution < 1.29 is 9.47 Å². The number of benzene rings is 1. The standard InChI is InChI=1S/C16H22ClNO2/c1-9-7-12(13(19-4)8-11(9)17)18-14-10-5-6-20-15(10)16(14,2)3/h7-8,10,14-15,18H,5-6H2,1-4H3. The van der Waals surface area contributed by atoms with Crippen LogP contribution in [-0.4, -0.2) is 25.9 Å². The van der Waals surface area contributed by atoms with E-state index in [1.807, 2.05) is 13.0 Å². The predicted octanol–water partition coefficient (Wildman–Crippen LogP) is 3.88. The molecule has 4 heteroatoms. The third kappa shape index (κ3) is 1.99. The van der Waals surface area contributed by atoms with Gasteiger partial charge in [0.25, 0.3) is 0 Å². The maximum atomic E-state index is 6.17. The van der Waals surface area contributed by atoms with E-state index >= 15 is 0 Å². The first-order valence-electron chi connectivity index (χ1n) is 7.17. The summed E-state index contributed by atoms with van der Waals surface area (Å²) in [6, 6.07) is 4.37. The van der Waals surface area contributed by atoms with Gasteiger partial charge in [0.2, 0.25) is 0 Å². The van der Waals surface area contributed by atoms with Gasteiger partial charge in [-0.2, -0.15) is 0 Å². The van der Waals surface area contributed by atoms with Crippen molar-refractivity contribution in [2.24, 2.45) is 11.3 Å². The summed E-state index contributed by atoms with van der Waals surface area (Å²) < 4.78 is 11.3. The molecule has 0 aromatic heterocycles. The van der Waals surface area contributed by atoms with Crippen LogP contribution in [0.25, 0.3) is 0 Å². The summed E-state index contributed by atoms with van der Waals surface area (Å²) in [6.07, 6.45) is 1.53. The van der Waals surface area contributed by atoms with Crippen LogP contribution in [0.2, 0.25) is 5.02 Å². The molecule has 1 aliphatic heterocycles. The number of hydrogen-bond acceptors (Lipinski definition) is 3. The Hall–Kier alpha value is -0.930. The van der Waals surface area contributed by atoms with E-state index in [2.05, 4.69) is 25.2 Å². The molecule has 20 heavy (non-hydrogen) atoms. The molecule has 0 radical (unpaired) electrons. The largest absolute Gasteiger partial charge is 0.495 e. The van der Waals surface area contributed by atoms with Crippen LogP contribution >= 0.6 is 11.6 Å². The molecule has 2 fully saturated rings. The fourth-order valence-corrected chi connectivity index (χ4v) is 3.88. The van der Waals surface area contributed by atoms with E-state index in [1.165, 1.54) is 0 Å². The van der Waals surface area contributed by atoms with Gasteiger partial charge in [0.1, 0.15) is 5.75 Å². The van der Waals surface area contributed by atoms with Crippen LogP contribution < -0.4 is 10.1 Å². The first kappa shape index (κ1) is 14.0. The molecule has 3 unspecified atom stereocenters. The third-order valence-corrected chi connectivity index (χ3v) is 5.30. The van der Waals surface area contributed by atoms with Crippen molar-refractivity contribution >= 4 is 17.3 Å². The molecule has 0 amide bonds. The van der Waals surface area contributed by atoms with Crippen LogP contribution in [0, 0.1) is 18.3 Å². The highest BCUT2D eigenvalue weighted by Gasteiger charge is 2.59. The lowest BCUT2D eigenvalue weighted by Crippen LogP contribution is -2.63. The molecule has 1 saturated carbocycles. The van der Waals surface area contributed by atoms with E-state index in [0.29, 0.717) is 18.1 Å². The van der Waals surface area contributed by atoms with Crippen molar-refractivity contribution in [3.05, 3.63) is 22.7 Å². The molecule has 1 aromatic carbocycles. The van der Waals surface area contributed by atoms with Crippen LogP contribution in [0.4, 0.5) is 5.69 Å². The van der Waals surface area contributed by atoms with E-state index in [1.54, 1.807) is 7.11 Å². The van der Waals surface area contributed by atoms with Crippen molar-refractivity contribution in [1.29, 1.82) is 0 Å². The lowest BCUT2D eigenvalue weighted by molar-refractivity contribution is -0.0923. The first-order valence-corrected chi connectivity index (χ1v) is 7.55. The van der Waals surface area contributed by atoms with Gasteiger partial charge >= 0.3 is 0 Å². The fourth-order valence-electron chi connectivity index (χ4n) is 3.73. The summed E-state index contributed by atoms with van der Waals surface area (Å²) in [5.41, 5.74) is 2.24. The van der Waals surface area contributed by atoms with Gasteiger partial charge in [-0.15, -0.1) is 0 Å². The van der Waals surface area contributed by atoms with E-state index in [0.717, 1.165) is 35.1 Å². The number of fused-ring (bicyclic) bond motifs is 1. The molecule has 1 heterocycles. The third-order valence-electron chi connectivity index (χ3n) is 4.89. The second-order valence-corrected chi connectivity index (χ2v) is 6.90. The molecule has 2 aliphatic rings. The number of ether oxygens (including phenoxy) is 2. The van der Waals surface area contributed by atoms with Crippen molar-refractivity contribution in [2.75, 3.05) is 19.0 Å². The summed E-state index contributed by atoms with van der Waals surface area (Å²) in [5, 5.41) is 4.40. The second kappa shape index (κ2) is 4.81. The number of hydrogen-bond donors (Lipinski definition) is 1. The zero-order valence-corrected chi connectivity index (χ0v) is 13.3. The lowest BCUT2D eigenvalue weighted by atomic mass is 9.57. The van der Waals surface area contributed by atoms with Crippen molar-refractivity contribution in [3.8, 4) is 5.75 Å². The number of aryl methyl sites for hydroxylation is 1. The summed E-state index contributed by atoms with van der Waals surface area (Å²) >= 11 is 6.17. The lowest BCUT2D eigenvalue weighted by Gasteiger charge is -2.55. The van der Waals surface area contributed by atoms with Gasteiger partial charge in [-0.05, 0) is 25.0 Å². The molecule has 1 N–H and O–H groups in total. The quantitative estimate of drug-likeness (QED) is 0.918. The van der Waals surface area contributed by atoms with Gasteiger partial charge < -0.3 is 14.8 Å². The molecule has 1 saturated heterocycles. The molecule has 0 bridgehead atoms. The number of rotatable bonds is 3. The van der Waals surface area contributed by atoms with E-state index in [4.69, 9.17) is 21.1 Å². The number of methoxy groups -OCH3 is 1. The van der Waals surface area contributed by atoms with E-state index < -0.39 is 0 Å². The SMILES string of the molecule is COc1cc(Cl)c(C)cc1NC1C2CCOC2C1(C)C. The molecule has 3 atom stereocenters. The number of halogens is 1. The Morgan fingerprint density at radius 1 is 1.40 bits per heavy atom. The van der Waals surface area contributed by atoms with Gasteiger partial charge in [0.15, 0.2) is 0 Å². The average Bonchev–Trinajstić information content (AvgIpc) is 2.86. The molecule has 1 aliphatic carbocycles. The Balaban J connectivity index is 1.86. The molecular weight excluding hydrogens is 274 g/mol. The Bertz CT molecular complexity index is 529. The molecule has 110 valence electrons. The van der Waals surface area contributed by atoms with Gasteiger partial charge in [0.05, 0.1) is 18.9 Å². The second-order valence-electron chi connectivity index (χ2n) is 6.49. The van der Waals surface area contributed by atoms with E-state index in [-0.39, 0.29) is 5.41 Å². The smallest absolute Gasteiger partial charge is 0.143 e. The Morgan fingerprint density at radius 3 is 2.85 bits per heavy atom. The number of nitrogens with one attached hydrogen (secondary N) is 1.